The van der Waals surface area contributed by atoms with E-state index in [1.165, 1.54) is 12.1 Å². The highest BCUT2D eigenvalue weighted by Crippen LogP contribution is 2.28. The van der Waals surface area contributed by atoms with Gasteiger partial charge in [-0.2, -0.15) is 0 Å². The van der Waals surface area contributed by atoms with Gasteiger partial charge >= 0.3 is 6.36 Å². The zero-order valence-electron chi connectivity index (χ0n) is 13.6. The first-order valence-electron chi connectivity index (χ1n) is 8.02. The van der Waals surface area contributed by atoms with Crippen molar-refractivity contribution in [1.29, 1.82) is 0 Å². The van der Waals surface area contributed by atoms with Crippen LogP contribution in [-0.4, -0.2) is 47.0 Å². The van der Waals surface area contributed by atoms with Gasteiger partial charge in [0.1, 0.15) is 5.75 Å². The van der Waals surface area contributed by atoms with Crippen LogP contribution in [0.3, 0.4) is 0 Å². The number of benzene rings is 1. The molecule has 0 spiro atoms. The largest absolute Gasteiger partial charge is 0.573 e. The lowest BCUT2D eigenvalue weighted by atomic mass is 10.1. The molecule has 1 aliphatic rings. The van der Waals surface area contributed by atoms with Crippen molar-refractivity contribution in [2.75, 3.05) is 31.2 Å². The summed E-state index contributed by atoms with van der Waals surface area (Å²) in [5.74, 6) is 0.504. The zero-order chi connectivity index (χ0) is 18.1. The number of hydrogen-bond acceptors (Lipinski definition) is 5. The van der Waals surface area contributed by atoms with E-state index in [1.807, 2.05) is 4.40 Å². The van der Waals surface area contributed by atoms with Crippen molar-refractivity contribution >= 4 is 11.5 Å². The minimum Gasteiger partial charge on any atom is -0.406 e. The lowest BCUT2D eigenvalue weighted by Gasteiger charge is -2.27. The van der Waals surface area contributed by atoms with Crippen LogP contribution >= 0.6 is 0 Å². The minimum atomic E-state index is -4.70. The molecule has 0 radical (unpaired) electrons. The van der Waals surface area contributed by atoms with Crippen LogP contribution < -0.4 is 9.64 Å². The van der Waals surface area contributed by atoms with Crippen LogP contribution in [0.4, 0.5) is 19.0 Å². The van der Waals surface area contributed by atoms with Gasteiger partial charge in [0, 0.05) is 31.0 Å². The van der Waals surface area contributed by atoms with Crippen LogP contribution in [0, 0.1) is 0 Å². The van der Waals surface area contributed by atoms with E-state index < -0.39 is 6.36 Å². The van der Waals surface area contributed by atoms with Gasteiger partial charge in [0.2, 0.25) is 0 Å². The first-order chi connectivity index (χ1) is 12.5. The lowest BCUT2D eigenvalue weighted by Crippen LogP contribution is -2.37. The van der Waals surface area contributed by atoms with Gasteiger partial charge in [-0.1, -0.05) is 0 Å². The fourth-order valence-electron chi connectivity index (χ4n) is 2.94. The predicted octanol–water partition coefficient (Wildman–Crippen LogP) is 3.13. The Morgan fingerprint density at radius 2 is 1.77 bits per heavy atom. The Morgan fingerprint density at radius 3 is 2.46 bits per heavy atom. The molecule has 4 rings (SSSR count). The van der Waals surface area contributed by atoms with Crippen LogP contribution in [0.1, 0.15) is 0 Å². The van der Waals surface area contributed by atoms with Crippen LogP contribution in [0.2, 0.25) is 0 Å². The third-order valence-electron chi connectivity index (χ3n) is 4.10. The van der Waals surface area contributed by atoms with Gasteiger partial charge in [-0.05, 0) is 24.3 Å². The molecule has 3 heterocycles. The van der Waals surface area contributed by atoms with Crippen molar-refractivity contribution in [3.63, 3.8) is 0 Å². The van der Waals surface area contributed by atoms with E-state index in [1.54, 1.807) is 30.7 Å². The third-order valence-corrected chi connectivity index (χ3v) is 4.10. The molecule has 136 valence electrons. The van der Waals surface area contributed by atoms with E-state index in [0.717, 1.165) is 30.2 Å². The van der Waals surface area contributed by atoms with Gasteiger partial charge in [0.25, 0.3) is 0 Å². The molecular weight excluding hydrogens is 349 g/mol. The van der Waals surface area contributed by atoms with Crippen LogP contribution in [0.25, 0.3) is 16.9 Å². The van der Waals surface area contributed by atoms with Gasteiger partial charge in [-0.15, -0.1) is 13.2 Å². The summed E-state index contributed by atoms with van der Waals surface area (Å²) in [5.41, 5.74) is 2.18. The van der Waals surface area contributed by atoms with Crippen LogP contribution in [-0.2, 0) is 4.74 Å². The molecule has 9 heteroatoms. The van der Waals surface area contributed by atoms with Crippen molar-refractivity contribution in [2.45, 2.75) is 6.36 Å². The minimum absolute atomic E-state index is 0.259. The van der Waals surface area contributed by atoms with E-state index >= 15 is 0 Å². The van der Waals surface area contributed by atoms with Crippen molar-refractivity contribution < 1.29 is 22.6 Å². The molecule has 1 aromatic carbocycles. The number of morpholine rings is 1. The number of hydrogen-bond donors (Lipinski definition) is 0. The van der Waals surface area contributed by atoms with Crippen molar-refractivity contribution in [3.05, 3.63) is 42.9 Å². The molecule has 0 atom stereocenters. The molecule has 0 amide bonds. The fourth-order valence-corrected chi connectivity index (χ4v) is 2.94. The standard InChI is InChI=1S/C17H15F3N4O2/c18-17(19,20)26-13-3-1-12(2-4-13)14-11-22-16-15(21-5-6-24(14)16)23-7-9-25-10-8-23/h1-6,11H,7-10H2. The van der Waals surface area contributed by atoms with E-state index in [4.69, 9.17) is 4.74 Å². The Kier molecular flexibility index (Phi) is 4.15. The average molecular weight is 364 g/mol. The maximum atomic E-state index is 12.3. The molecule has 0 unspecified atom stereocenters. The maximum absolute atomic E-state index is 12.3. The van der Waals surface area contributed by atoms with Gasteiger partial charge in [0.15, 0.2) is 11.5 Å². The molecule has 0 bridgehead atoms. The van der Waals surface area contributed by atoms with E-state index in [0.29, 0.717) is 18.9 Å². The number of imidazole rings is 1. The second kappa shape index (κ2) is 6.49. The maximum Gasteiger partial charge on any atom is 0.573 e. The second-order valence-corrected chi connectivity index (χ2v) is 5.76. The number of rotatable bonds is 3. The molecule has 0 saturated carbocycles. The smallest absolute Gasteiger partial charge is 0.406 e. The molecule has 1 aliphatic heterocycles. The van der Waals surface area contributed by atoms with E-state index in [-0.39, 0.29) is 5.75 Å². The monoisotopic (exact) mass is 364 g/mol. The summed E-state index contributed by atoms with van der Waals surface area (Å²) < 4.78 is 48.0. The number of anilines is 1. The topological polar surface area (TPSA) is 51.9 Å². The highest BCUT2D eigenvalue weighted by atomic mass is 19.4. The van der Waals surface area contributed by atoms with Crippen molar-refractivity contribution in [1.82, 2.24) is 14.4 Å². The van der Waals surface area contributed by atoms with E-state index in [9.17, 15) is 13.2 Å². The number of fused-ring (bicyclic) bond motifs is 1. The molecule has 0 N–H and O–H groups in total. The van der Waals surface area contributed by atoms with E-state index in [2.05, 4.69) is 19.6 Å². The second-order valence-electron chi connectivity index (χ2n) is 5.76. The normalized spacial score (nSPS) is 15.4. The SMILES string of the molecule is FC(F)(F)Oc1ccc(-c2cnc3c(N4CCOCC4)nccn23)cc1. The molecule has 0 aliphatic carbocycles. The Hall–Kier alpha value is -2.81. The number of nitrogens with zero attached hydrogens (tertiary/aromatic N) is 4. The Balaban J connectivity index is 1.67. The molecule has 1 saturated heterocycles. The quantitative estimate of drug-likeness (QED) is 0.715. The lowest BCUT2D eigenvalue weighted by molar-refractivity contribution is -0.274. The zero-order valence-corrected chi connectivity index (χ0v) is 13.6. The van der Waals surface area contributed by atoms with Gasteiger partial charge in [-0.25, -0.2) is 9.97 Å². The third kappa shape index (κ3) is 3.30. The summed E-state index contributed by atoms with van der Waals surface area (Å²) in [6.45, 7) is 2.74. The Bertz CT molecular complexity index is 903. The van der Waals surface area contributed by atoms with Gasteiger partial charge in [-0.3, -0.25) is 4.40 Å². The Labute approximate surface area is 146 Å². The van der Waals surface area contributed by atoms with Crippen molar-refractivity contribution in [3.8, 4) is 17.0 Å². The van der Waals surface area contributed by atoms with Crippen LogP contribution in [0.15, 0.2) is 42.9 Å². The summed E-state index contributed by atoms with van der Waals surface area (Å²) in [5, 5.41) is 0. The highest BCUT2D eigenvalue weighted by Gasteiger charge is 2.31. The summed E-state index contributed by atoms with van der Waals surface area (Å²) in [4.78, 5) is 11.0. The molecule has 1 fully saturated rings. The van der Waals surface area contributed by atoms with Crippen molar-refractivity contribution in [2.24, 2.45) is 0 Å². The number of aromatic nitrogens is 3. The number of alkyl halides is 3. The molecule has 3 aromatic rings. The Morgan fingerprint density at radius 1 is 1.04 bits per heavy atom. The average Bonchev–Trinajstić information content (AvgIpc) is 3.06. The van der Waals surface area contributed by atoms with Gasteiger partial charge in [0.05, 0.1) is 25.1 Å². The molecule has 26 heavy (non-hydrogen) atoms. The first-order valence-corrected chi connectivity index (χ1v) is 8.02. The highest BCUT2D eigenvalue weighted by molar-refractivity contribution is 5.71. The summed E-state index contributed by atoms with van der Waals surface area (Å²) in [6, 6.07) is 5.71. The fraction of sp³-hybridized carbons (Fsp3) is 0.294. The number of halogens is 3. The summed E-state index contributed by atoms with van der Waals surface area (Å²) in [7, 11) is 0. The molecular formula is C17H15F3N4O2. The summed E-state index contributed by atoms with van der Waals surface area (Å²) >= 11 is 0. The first kappa shape index (κ1) is 16.6. The van der Waals surface area contributed by atoms with Gasteiger partial charge < -0.3 is 14.4 Å². The summed E-state index contributed by atoms with van der Waals surface area (Å²) in [6.07, 6.45) is 0.440. The predicted molar refractivity (Wildman–Crippen MR) is 88.1 cm³/mol. The molecule has 6 nitrogen and oxygen atoms in total. The molecule has 2 aromatic heterocycles. The number of ether oxygens (including phenoxy) is 2. The van der Waals surface area contributed by atoms with Crippen LogP contribution in [0.5, 0.6) is 5.75 Å².